The molecule has 1 aromatic rings. The molecule has 158 valence electrons. The molecule has 6 nitrogen and oxygen atoms in total. The van der Waals surface area contributed by atoms with Crippen molar-refractivity contribution in [3.8, 4) is 0 Å². The second kappa shape index (κ2) is 13.3. The van der Waals surface area contributed by atoms with E-state index in [1.165, 1.54) is 18.4 Å². The van der Waals surface area contributed by atoms with Gasteiger partial charge < -0.3 is 20.1 Å². The SMILES string of the molecule is CN=C(NCCOCC1CCCO1)NC1CCCN(Cc2ccccc2)C1.I. The summed E-state index contributed by atoms with van der Waals surface area (Å²) >= 11 is 0. The van der Waals surface area contributed by atoms with Gasteiger partial charge >= 0.3 is 0 Å². The maximum absolute atomic E-state index is 5.71. The Morgan fingerprint density at radius 2 is 2.11 bits per heavy atom. The first-order valence-corrected chi connectivity index (χ1v) is 10.3. The van der Waals surface area contributed by atoms with E-state index >= 15 is 0 Å². The molecule has 3 rings (SSSR count). The van der Waals surface area contributed by atoms with Gasteiger partial charge in [-0.15, -0.1) is 24.0 Å². The van der Waals surface area contributed by atoms with E-state index in [4.69, 9.17) is 9.47 Å². The van der Waals surface area contributed by atoms with Gasteiger partial charge in [0.05, 0.1) is 19.3 Å². The monoisotopic (exact) mass is 502 g/mol. The number of halogens is 1. The van der Waals surface area contributed by atoms with Crippen molar-refractivity contribution in [3.05, 3.63) is 35.9 Å². The average Bonchev–Trinajstić information content (AvgIpc) is 3.21. The van der Waals surface area contributed by atoms with Crippen LogP contribution in [0.25, 0.3) is 0 Å². The number of nitrogens with zero attached hydrogens (tertiary/aromatic N) is 2. The van der Waals surface area contributed by atoms with Crippen molar-refractivity contribution in [2.45, 2.75) is 44.4 Å². The maximum atomic E-state index is 5.71. The van der Waals surface area contributed by atoms with Crippen LogP contribution in [0.3, 0.4) is 0 Å². The van der Waals surface area contributed by atoms with Crippen molar-refractivity contribution in [2.75, 3.05) is 46.5 Å². The largest absolute Gasteiger partial charge is 0.377 e. The Hall–Kier alpha value is -0.900. The summed E-state index contributed by atoms with van der Waals surface area (Å²) in [6, 6.07) is 11.1. The number of likely N-dealkylation sites (tertiary alicyclic amines) is 1. The Balaban J connectivity index is 0.00000280. The minimum atomic E-state index is 0. The Labute approximate surface area is 186 Å². The highest BCUT2D eigenvalue weighted by Gasteiger charge is 2.20. The highest BCUT2D eigenvalue weighted by molar-refractivity contribution is 14.0. The lowest BCUT2D eigenvalue weighted by molar-refractivity contribution is 0.0191. The molecular weight excluding hydrogens is 467 g/mol. The summed E-state index contributed by atoms with van der Waals surface area (Å²) in [6.45, 7) is 6.23. The second-order valence-electron chi connectivity index (χ2n) is 7.41. The summed E-state index contributed by atoms with van der Waals surface area (Å²) in [5, 5.41) is 6.93. The van der Waals surface area contributed by atoms with E-state index in [0.29, 0.717) is 25.4 Å². The predicted octanol–water partition coefficient (Wildman–Crippen LogP) is 2.63. The average molecular weight is 502 g/mol. The van der Waals surface area contributed by atoms with Crippen LogP contribution in [0.15, 0.2) is 35.3 Å². The van der Waals surface area contributed by atoms with Gasteiger partial charge in [-0.2, -0.15) is 0 Å². The minimum Gasteiger partial charge on any atom is -0.377 e. The molecule has 2 N–H and O–H groups in total. The highest BCUT2D eigenvalue weighted by Crippen LogP contribution is 2.14. The van der Waals surface area contributed by atoms with Gasteiger partial charge in [0, 0.05) is 39.3 Å². The van der Waals surface area contributed by atoms with E-state index in [1.807, 2.05) is 7.05 Å². The molecule has 0 saturated carbocycles. The van der Waals surface area contributed by atoms with E-state index in [9.17, 15) is 0 Å². The minimum absolute atomic E-state index is 0. The molecule has 2 fully saturated rings. The molecule has 0 amide bonds. The lowest BCUT2D eigenvalue weighted by Gasteiger charge is -2.34. The first-order valence-electron chi connectivity index (χ1n) is 10.3. The summed E-state index contributed by atoms with van der Waals surface area (Å²) in [6.07, 6.45) is 4.97. The molecule has 0 aliphatic carbocycles. The molecule has 2 atom stereocenters. The molecule has 0 radical (unpaired) electrons. The van der Waals surface area contributed by atoms with Gasteiger partial charge in [0.25, 0.3) is 0 Å². The molecule has 1 aromatic carbocycles. The molecule has 2 aliphatic heterocycles. The van der Waals surface area contributed by atoms with E-state index in [-0.39, 0.29) is 24.0 Å². The quantitative estimate of drug-likeness (QED) is 0.248. The van der Waals surface area contributed by atoms with Gasteiger partial charge in [-0.05, 0) is 37.8 Å². The summed E-state index contributed by atoms with van der Waals surface area (Å²) in [7, 11) is 1.83. The van der Waals surface area contributed by atoms with Crippen LogP contribution < -0.4 is 10.6 Å². The number of hydrogen-bond donors (Lipinski definition) is 2. The summed E-state index contributed by atoms with van der Waals surface area (Å²) in [5.74, 6) is 0.863. The third-order valence-electron chi connectivity index (χ3n) is 5.19. The summed E-state index contributed by atoms with van der Waals surface area (Å²) in [4.78, 5) is 6.88. The number of aliphatic imine (C=N–C) groups is 1. The number of piperidine rings is 1. The van der Waals surface area contributed by atoms with Crippen LogP contribution in [-0.4, -0.2) is 69.5 Å². The number of hydrogen-bond acceptors (Lipinski definition) is 4. The van der Waals surface area contributed by atoms with Crippen molar-refractivity contribution < 1.29 is 9.47 Å². The first-order chi connectivity index (χ1) is 13.3. The van der Waals surface area contributed by atoms with Crippen LogP contribution in [0.1, 0.15) is 31.2 Å². The zero-order valence-corrected chi connectivity index (χ0v) is 19.3. The Kier molecular flexibility index (Phi) is 11.1. The van der Waals surface area contributed by atoms with Gasteiger partial charge in [0.2, 0.25) is 0 Å². The van der Waals surface area contributed by atoms with E-state index in [1.54, 1.807) is 0 Å². The molecule has 0 bridgehead atoms. The van der Waals surface area contributed by atoms with Crippen molar-refractivity contribution in [3.63, 3.8) is 0 Å². The van der Waals surface area contributed by atoms with Crippen LogP contribution >= 0.6 is 24.0 Å². The number of rotatable bonds is 8. The third-order valence-corrected chi connectivity index (χ3v) is 5.19. The Bertz CT molecular complexity index is 567. The van der Waals surface area contributed by atoms with Gasteiger partial charge in [0.15, 0.2) is 5.96 Å². The maximum Gasteiger partial charge on any atom is 0.191 e. The molecular formula is C21H35IN4O2. The summed E-state index contributed by atoms with van der Waals surface area (Å²) < 4.78 is 11.3. The predicted molar refractivity (Wildman–Crippen MR) is 124 cm³/mol. The topological polar surface area (TPSA) is 58.1 Å². The molecule has 2 saturated heterocycles. The normalized spacial score (nSPS) is 23.2. The van der Waals surface area contributed by atoms with Crippen LogP contribution in [0, 0.1) is 0 Å². The van der Waals surface area contributed by atoms with Crippen LogP contribution in [0.4, 0.5) is 0 Å². The molecule has 0 spiro atoms. The number of benzene rings is 1. The van der Waals surface area contributed by atoms with Crippen molar-refractivity contribution in [2.24, 2.45) is 4.99 Å². The fourth-order valence-corrected chi connectivity index (χ4v) is 3.78. The van der Waals surface area contributed by atoms with E-state index in [2.05, 4.69) is 50.9 Å². The summed E-state index contributed by atoms with van der Waals surface area (Å²) in [5.41, 5.74) is 1.38. The van der Waals surface area contributed by atoms with Crippen LogP contribution in [0.5, 0.6) is 0 Å². The highest BCUT2D eigenvalue weighted by atomic mass is 127. The number of nitrogens with one attached hydrogen (secondary N) is 2. The number of ether oxygens (including phenoxy) is 2. The fraction of sp³-hybridized carbons (Fsp3) is 0.667. The first kappa shape index (κ1) is 23.4. The lowest BCUT2D eigenvalue weighted by Crippen LogP contribution is -2.51. The molecule has 2 heterocycles. The van der Waals surface area contributed by atoms with E-state index < -0.39 is 0 Å². The standard InChI is InChI=1S/C21H34N4O2.HI/c1-22-21(23-11-14-26-17-20-10-6-13-27-20)24-19-9-5-12-25(16-19)15-18-7-3-2-4-8-18;/h2-4,7-8,19-20H,5-6,9-17H2,1H3,(H2,22,23,24);1H. The van der Waals surface area contributed by atoms with Gasteiger partial charge in [-0.1, -0.05) is 30.3 Å². The smallest absolute Gasteiger partial charge is 0.191 e. The van der Waals surface area contributed by atoms with Crippen molar-refractivity contribution >= 4 is 29.9 Å². The second-order valence-corrected chi connectivity index (χ2v) is 7.41. The lowest BCUT2D eigenvalue weighted by atomic mass is 10.0. The van der Waals surface area contributed by atoms with E-state index in [0.717, 1.165) is 51.6 Å². The Morgan fingerprint density at radius 3 is 2.86 bits per heavy atom. The van der Waals surface area contributed by atoms with Crippen LogP contribution in [-0.2, 0) is 16.0 Å². The number of guanidine groups is 1. The molecule has 2 aliphatic rings. The van der Waals surface area contributed by atoms with Crippen molar-refractivity contribution in [1.82, 2.24) is 15.5 Å². The van der Waals surface area contributed by atoms with Gasteiger partial charge in [-0.3, -0.25) is 9.89 Å². The molecule has 0 aromatic heterocycles. The third kappa shape index (κ3) is 8.23. The fourth-order valence-electron chi connectivity index (χ4n) is 3.78. The molecule has 7 heteroatoms. The zero-order valence-electron chi connectivity index (χ0n) is 16.9. The van der Waals surface area contributed by atoms with Gasteiger partial charge in [-0.25, -0.2) is 0 Å². The molecule has 2 unspecified atom stereocenters. The molecule has 28 heavy (non-hydrogen) atoms. The Morgan fingerprint density at radius 1 is 1.25 bits per heavy atom. The van der Waals surface area contributed by atoms with Crippen LogP contribution in [0.2, 0.25) is 0 Å². The van der Waals surface area contributed by atoms with Gasteiger partial charge in [0.1, 0.15) is 0 Å². The zero-order chi connectivity index (χ0) is 18.7. The van der Waals surface area contributed by atoms with Crippen molar-refractivity contribution in [1.29, 1.82) is 0 Å².